The number of piperidine rings is 1. The molecule has 1 aromatic carbocycles. The number of carboxylic acids is 1. The number of amides is 2. The van der Waals surface area contributed by atoms with E-state index in [9.17, 15) is 27.9 Å². The van der Waals surface area contributed by atoms with E-state index in [4.69, 9.17) is 0 Å². The molecule has 0 aromatic heterocycles. The molecule has 0 radical (unpaired) electrons. The lowest BCUT2D eigenvalue weighted by atomic mass is 9.94. The molecule has 1 heterocycles. The zero-order valence-electron chi connectivity index (χ0n) is 20.1. The third-order valence-corrected chi connectivity index (χ3v) is 8.05. The second-order valence-corrected chi connectivity index (χ2v) is 11.6. The minimum Gasteiger partial charge on any atom is -0.480 e. The number of benzene rings is 1. The highest BCUT2D eigenvalue weighted by atomic mass is 32.2. The third kappa shape index (κ3) is 7.71. The van der Waals surface area contributed by atoms with Gasteiger partial charge in [0.25, 0.3) is 0 Å². The normalized spacial score (nSPS) is 16.8. The van der Waals surface area contributed by atoms with Crippen molar-refractivity contribution >= 4 is 39.6 Å². The average molecular weight is 514 g/mol. The van der Waals surface area contributed by atoms with Crippen molar-refractivity contribution in [3.63, 3.8) is 0 Å². The van der Waals surface area contributed by atoms with E-state index >= 15 is 0 Å². The van der Waals surface area contributed by atoms with Crippen molar-refractivity contribution in [3.8, 4) is 0 Å². The highest BCUT2D eigenvalue weighted by Crippen LogP contribution is 2.21. The number of nitrogens with one attached hydrogen (secondary N) is 2. The maximum Gasteiger partial charge on any atom is 0.326 e. The number of hydrogen-bond acceptors (Lipinski definition) is 6. The summed E-state index contributed by atoms with van der Waals surface area (Å²) in [5.41, 5.74) is 0.932. The van der Waals surface area contributed by atoms with Crippen LogP contribution in [0, 0.1) is 18.8 Å². The van der Waals surface area contributed by atoms with Crippen LogP contribution in [-0.2, 0) is 24.4 Å². The Balaban J connectivity index is 1.99. The number of carbonyl (C=O) groups excluding carboxylic acids is 2. The number of rotatable bonds is 11. The van der Waals surface area contributed by atoms with Gasteiger partial charge in [0.05, 0.1) is 4.90 Å². The molecule has 34 heavy (non-hydrogen) atoms. The minimum absolute atomic E-state index is 0.0985. The van der Waals surface area contributed by atoms with E-state index in [0.29, 0.717) is 38.1 Å². The summed E-state index contributed by atoms with van der Waals surface area (Å²) in [6, 6.07) is 4.56. The maximum absolute atomic E-state index is 13.2. The van der Waals surface area contributed by atoms with Gasteiger partial charge >= 0.3 is 5.97 Å². The maximum atomic E-state index is 13.2. The molecule has 2 rings (SSSR count). The summed E-state index contributed by atoms with van der Waals surface area (Å²) < 4.78 is 28.2. The van der Waals surface area contributed by atoms with Gasteiger partial charge in [-0.1, -0.05) is 31.5 Å². The van der Waals surface area contributed by atoms with E-state index in [1.165, 1.54) is 23.9 Å². The number of thioether (sulfide) groups is 1. The summed E-state index contributed by atoms with van der Waals surface area (Å²) >= 11 is 1.51. The average Bonchev–Trinajstić information content (AvgIpc) is 2.79. The summed E-state index contributed by atoms with van der Waals surface area (Å²) in [5, 5.41) is 11.9. The van der Waals surface area contributed by atoms with E-state index in [1.807, 2.05) is 13.2 Å². The number of aliphatic carboxylic acids is 1. The number of aryl methyl sites for hydroxylation is 1. The fourth-order valence-corrected chi connectivity index (χ4v) is 5.57. The smallest absolute Gasteiger partial charge is 0.326 e. The summed E-state index contributed by atoms with van der Waals surface area (Å²) in [6.07, 6.45) is 3.00. The lowest BCUT2D eigenvalue weighted by molar-refractivity contribution is -0.143. The predicted molar refractivity (Wildman–Crippen MR) is 132 cm³/mol. The Kier molecular flexibility index (Phi) is 10.4. The van der Waals surface area contributed by atoms with E-state index in [1.54, 1.807) is 30.9 Å². The molecule has 11 heteroatoms. The van der Waals surface area contributed by atoms with Gasteiger partial charge in [0.2, 0.25) is 21.8 Å². The highest BCUT2D eigenvalue weighted by molar-refractivity contribution is 7.98. The fraction of sp³-hybridized carbons (Fsp3) is 0.609. The number of likely N-dealkylation sites (tertiary alicyclic amines) is 1. The molecule has 0 aliphatic carbocycles. The number of sulfonamides is 1. The van der Waals surface area contributed by atoms with Crippen LogP contribution < -0.4 is 10.0 Å². The van der Waals surface area contributed by atoms with Gasteiger partial charge in [-0.3, -0.25) is 9.59 Å². The molecular weight excluding hydrogens is 478 g/mol. The number of nitrogens with zero attached hydrogens (tertiary/aromatic N) is 1. The zero-order chi connectivity index (χ0) is 25.5. The van der Waals surface area contributed by atoms with Crippen LogP contribution in [0.5, 0.6) is 0 Å². The van der Waals surface area contributed by atoms with Crippen molar-refractivity contribution in [1.29, 1.82) is 0 Å². The Morgan fingerprint density at radius 3 is 2.24 bits per heavy atom. The SMILES string of the molecule is CSCC[C@H](NC(=O)C1CCN(C(=O)[C@@H](NS(=O)(=O)c2ccc(C)cc2)C(C)C)CC1)C(=O)O. The van der Waals surface area contributed by atoms with E-state index in [2.05, 4.69) is 10.0 Å². The van der Waals surface area contributed by atoms with Crippen LogP contribution in [0.2, 0.25) is 0 Å². The Morgan fingerprint density at radius 1 is 1.15 bits per heavy atom. The second-order valence-electron chi connectivity index (χ2n) is 8.94. The van der Waals surface area contributed by atoms with Gasteiger partial charge in [-0.05, 0) is 56.2 Å². The molecule has 1 aliphatic heterocycles. The van der Waals surface area contributed by atoms with Crippen molar-refractivity contribution in [2.45, 2.75) is 57.0 Å². The van der Waals surface area contributed by atoms with Crippen LogP contribution in [0.1, 0.15) is 38.7 Å². The first-order valence-corrected chi connectivity index (χ1v) is 14.2. The van der Waals surface area contributed by atoms with Gasteiger partial charge in [0.1, 0.15) is 12.1 Å². The van der Waals surface area contributed by atoms with Crippen LogP contribution in [0.3, 0.4) is 0 Å². The topological polar surface area (TPSA) is 133 Å². The minimum atomic E-state index is -3.88. The number of carboxylic acid groups (broad SMARTS) is 1. The molecule has 0 unspecified atom stereocenters. The Hall–Kier alpha value is -2.11. The first-order chi connectivity index (χ1) is 16.0. The molecule has 1 saturated heterocycles. The molecule has 0 spiro atoms. The van der Waals surface area contributed by atoms with Gasteiger partial charge in [0, 0.05) is 19.0 Å². The van der Waals surface area contributed by atoms with Crippen LogP contribution in [0.15, 0.2) is 29.2 Å². The predicted octanol–water partition coefficient (Wildman–Crippen LogP) is 1.86. The third-order valence-electron chi connectivity index (χ3n) is 5.95. The highest BCUT2D eigenvalue weighted by Gasteiger charge is 2.35. The van der Waals surface area contributed by atoms with E-state index < -0.39 is 28.1 Å². The van der Waals surface area contributed by atoms with Gasteiger partial charge in [-0.2, -0.15) is 16.5 Å². The quantitative estimate of drug-likeness (QED) is 0.411. The van der Waals surface area contributed by atoms with Gasteiger partial charge < -0.3 is 15.3 Å². The molecule has 2 atom stereocenters. The molecule has 2 amide bonds. The van der Waals surface area contributed by atoms with Crippen LogP contribution in [0.4, 0.5) is 0 Å². The van der Waals surface area contributed by atoms with Crippen molar-refractivity contribution in [2.24, 2.45) is 11.8 Å². The number of carbonyl (C=O) groups is 3. The van der Waals surface area contributed by atoms with Crippen LogP contribution >= 0.6 is 11.8 Å². The van der Waals surface area contributed by atoms with Crippen molar-refractivity contribution in [2.75, 3.05) is 25.1 Å². The van der Waals surface area contributed by atoms with Crippen molar-refractivity contribution in [1.82, 2.24) is 14.9 Å². The molecule has 0 saturated carbocycles. The van der Waals surface area contributed by atoms with Crippen molar-refractivity contribution in [3.05, 3.63) is 29.8 Å². The van der Waals surface area contributed by atoms with Crippen LogP contribution in [-0.4, -0.2) is 73.4 Å². The molecular formula is C23H35N3O6S2. The fourth-order valence-electron chi connectivity index (χ4n) is 3.77. The summed E-state index contributed by atoms with van der Waals surface area (Å²) in [6.45, 7) is 6.02. The summed E-state index contributed by atoms with van der Waals surface area (Å²) in [4.78, 5) is 38.9. The van der Waals surface area contributed by atoms with Gasteiger partial charge in [0.15, 0.2) is 0 Å². The van der Waals surface area contributed by atoms with E-state index in [-0.39, 0.29) is 28.5 Å². The Morgan fingerprint density at radius 2 is 1.74 bits per heavy atom. The zero-order valence-corrected chi connectivity index (χ0v) is 21.7. The Bertz CT molecular complexity index is 957. The lowest BCUT2D eigenvalue weighted by Gasteiger charge is -2.35. The molecule has 1 aromatic rings. The molecule has 1 aliphatic rings. The molecule has 1 fully saturated rings. The molecule has 3 N–H and O–H groups in total. The molecule has 9 nitrogen and oxygen atoms in total. The van der Waals surface area contributed by atoms with Gasteiger partial charge in [-0.15, -0.1) is 0 Å². The monoisotopic (exact) mass is 513 g/mol. The largest absolute Gasteiger partial charge is 0.480 e. The van der Waals surface area contributed by atoms with Gasteiger partial charge in [-0.25, -0.2) is 13.2 Å². The standard InChI is InChI=1S/C23H35N3O6S2/c1-15(2)20(25-34(31,32)18-7-5-16(3)6-8-18)22(28)26-12-9-17(10-13-26)21(27)24-19(23(29)30)11-14-33-4/h5-8,15,17,19-20,25H,9-14H2,1-4H3,(H,24,27)(H,29,30)/t19-,20-/m0/s1. The summed E-state index contributed by atoms with van der Waals surface area (Å²) in [7, 11) is -3.88. The molecule has 0 bridgehead atoms. The molecule has 190 valence electrons. The first-order valence-electron chi connectivity index (χ1n) is 11.4. The van der Waals surface area contributed by atoms with Crippen molar-refractivity contribution < 1.29 is 27.9 Å². The number of hydrogen-bond donors (Lipinski definition) is 3. The van der Waals surface area contributed by atoms with Crippen LogP contribution in [0.25, 0.3) is 0 Å². The lowest BCUT2D eigenvalue weighted by Crippen LogP contribution is -2.54. The summed E-state index contributed by atoms with van der Waals surface area (Å²) in [5.74, 6) is -1.74. The Labute approximate surface area is 206 Å². The second kappa shape index (κ2) is 12.6. The first kappa shape index (κ1) is 28.1. The van der Waals surface area contributed by atoms with E-state index in [0.717, 1.165) is 5.56 Å².